The molecule has 1 aromatic carbocycles. The van der Waals surface area contributed by atoms with Gasteiger partial charge in [-0.2, -0.15) is 0 Å². The lowest BCUT2D eigenvalue weighted by molar-refractivity contribution is 0.0696. The third kappa shape index (κ3) is 2.12. The number of halogens is 2. The van der Waals surface area contributed by atoms with E-state index in [1.54, 1.807) is 6.07 Å². The second-order valence-corrected chi connectivity index (χ2v) is 3.21. The zero-order chi connectivity index (χ0) is 12.4. The zero-order valence-corrected chi connectivity index (χ0v) is 8.42. The number of carboxylic acid groups (broad SMARTS) is 1. The van der Waals surface area contributed by atoms with Crippen molar-refractivity contribution in [2.75, 3.05) is 0 Å². The first-order chi connectivity index (χ1) is 8.09. The number of rotatable bonds is 3. The average molecular weight is 239 g/mol. The molecular weight excluding hydrogens is 232 g/mol. The quantitative estimate of drug-likeness (QED) is 0.888. The van der Waals surface area contributed by atoms with Crippen LogP contribution < -0.4 is 0 Å². The van der Waals surface area contributed by atoms with E-state index >= 15 is 0 Å². The van der Waals surface area contributed by atoms with E-state index in [4.69, 9.17) is 5.11 Å². The molecule has 7 heteroatoms. The van der Waals surface area contributed by atoms with E-state index in [2.05, 4.69) is 10.3 Å². The molecule has 0 radical (unpaired) electrons. The number of aromatic carboxylic acids is 1. The maximum absolute atomic E-state index is 12.3. The van der Waals surface area contributed by atoms with Gasteiger partial charge in [0.1, 0.15) is 5.69 Å². The van der Waals surface area contributed by atoms with Crippen molar-refractivity contribution < 1.29 is 18.7 Å². The van der Waals surface area contributed by atoms with Gasteiger partial charge in [-0.05, 0) is 12.1 Å². The smallest absolute Gasteiger partial charge is 0.337 e. The number of hydrogen-bond donors (Lipinski definition) is 1. The van der Waals surface area contributed by atoms with Crippen LogP contribution in [-0.2, 0) is 0 Å². The Balaban J connectivity index is 2.49. The topological polar surface area (TPSA) is 68.0 Å². The summed E-state index contributed by atoms with van der Waals surface area (Å²) in [6.07, 6.45) is -1.73. The lowest BCUT2D eigenvalue weighted by Gasteiger charge is -2.03. The summed E-state index contributed by atoms with van der Waals surface area (Å²) in [6, 6.07) is 5.96. The van der Waals surface area contributed by atoms with Crippen molar-refractivity contribution >= 4 is 5.97 Å². The van der Waals surface area contributed by atoms with Crippen LogP contribution in [0.15, 0.2) is 30.5 Å². The highest BCUT2D eigenvalue weighted by molar-refractivity contribution is 5.91. The van der Waals surface area contributed by atoms with Gasteiger partial charge in [0.2, 0.25) is 0 Å². The molecule has 1 aromatic heterocycles. The van der Waals surface area contributed by atoms with Crippen LogP contribution in [0.2, 0.25) is 0 Å². The number of nitrogens with zero attached hydrogens (tertiary/aromatic N) is 3. The number of alkyl halides is 2. The highest BCUT2D eigenvalue weighted by Crippen LogP contribution is 2.18. The summed E-state index contributed by atoms with van der Waals surface area (Å²) in [4.78, 5) is 10.9. The van der Waals surface area contributed by atoms with Crippen LogP contribution in [0.4, 0.5) is 8.78 Å². The number of para-hydroxylation sites is 1. The fraction of sp³-hybridized carbons (Fsp3) is 0.100. The molecule has 88 valence electrons. The third-order valence-corrected chi connectivity index (χ3v) is 2.12. The summed E-state index contributed by atoms with van der Waals surface area (Å²) in [5.41, 5.74) is -0.331. The number of carboxylic acids is 1. The predicted octanol–water partition coefficient (Wildman–Crippen LogP) is 1.90. The van der Waals surface area contributed by atoms with E-state index in [1.165, 1.54) is 18.2 Å². The van der Waals surface area contributed by atoms with Gasteiger partial charge in [-0.1, -0.05) is 17.3 Å². The maximum atomic E-state index is 12.3. The molecule has 0 atom stereocenters. The molecule has 5 nitrogen and oxygen atoms in total. The summed E-state index contributed by atoms with van der Waals surface area (Å²) in [5.74, 6) is -1.16. The van der Waals surface area contributed by atoms with Crippen molar-refractivity contribution in [3.8, 4) is 5.69 Å². The molecule has 0 unspecified atom stereocenters. The number of carbonyl (C=O) groups is 1. The van der Waals surface area contributed by atoms with E-state index in [0.29, 0.717) is 0 Å². The number of aromatic nitrogens is 3. The largest absolute Gasteiger partial charge is 0.478 e. The van der Waals surface area contributed by atoms with Crippen LogP contribution in [0.1, 0.15) is 22.5 Å². The van der Waals surface area contributed by atoms with E-state index in [1.807, 2.05) is 0 Å². The molecule has 2 aromatic rings. The standard InChI is InChI=1S/C10H7F2N3O2/c11-9(12)7-5-15(14-13-7)8-4-2-1-3-6(8)10(16)17/h1-5,9H,(H,16,17). The van der Waals surface area contributed by atoms with Crippen LogP contribution >= 0.6 is 0 Å². The van der Waals surface area contributed by atoms with Crippen LogP contribution in [0, 0.1) is 0 Å². The Kier molecular flexibility index (Phi) is 2.82. The first-order valence-electron chi connectivity index (χ1n) is 4.62. The minimum atomic E-state index is -2.74. The zero-order valence-electron chi connectivity index (χ0n) is 8.42. The fourth-order valence-corrected chi connectivity index (χ4v) is 1.35. The monoisotopic (exact) mass is 239 g/mol. The van der Waals surface area contributed by atoms with Gasteiger partial charge in [-0.3, -0.25) is 0 Å². The van der Waals surface area contributed by atoms with Gasteiger partial charge < -0.3 is 5.11 Å². The van der Waals surface area contributed by atoms with Crippen molar-refractivity contribution in [3.05, 3.63) is 41.7 Å². The second-order valence-electron chi connectivity index (χ2n) is 3.21. The van der Waals surface area contributed by atoms with Gasteiger partial charge in [-0.15, -0.1) is 5.10 Å². The normalized spacial score (nSPS) is 10.8. The Hall–Kier alpha value is -2.31. The van der Waals surface area contributed by atoms with Crippen LogP contribution in [0.25, 0.3) is 5.69 Å². The minimum Gasteiger partial charge on any atom is -0.478 e. The Labute approximate surface area is 94.3 Å². The molecule has 0 aliphatic carbocycles. The first kappa shape index (κ1) is 11.2. The van der Waals surface area contributed by atoms with Gasteiger partial charge in [0.25, 0.3) is 6.43 Å². The van der Waals surface area contributed by atoms with Crippen LogP contribution in [-0.4, -0.2) is 26.1 Å². The van der Waals surface area contributed by atoms with Crippen molar-refractivity contribution in [1.82, 2.24) is 15.0 Å². The summed E-state index contributed by atoms with van der Waals surface area (Å²) in [6.45, 7) is 0. The summed E-state index contributed by atoms with van der Waals surface area (Å²) >= 11 is 0. The Morgan fingerprint density at radius 2 is 2.06 bits per heavy atom. The third-order valence-electron chi connectivity index (χ3n) is 2.12. The summed E-state index contributed by atoms with van der Waals surface area (Å²) in [5, 5.41) is 15.7. The molecule has 0 amide bonds. The van der Waals surface area contributed by atoms with Gasteiger partial charge in [-0.25, -0.2) is 18.3 Å². The van der Waals surface area contributed by atoms with Gasteiger partial charge in [0.05, 0.1) is 17.4 Å². The Morgan fingerprint density at radius 3 is 2.65 bits per heavy atom. The second kappa shape index (κ2) is 4.28. The number of benzene rings is 1. The highest BCUT2D eigenvalue weighted by Gasteiger charge is 2.16. The summed E-state index contributed by atoms with van der Waals surface area (Å²) < 4.78 is 25.7. The minimum absolute atomic E-state index is 0.0294. The molecule has 0 spiro atoms. The maximum Gasteiger partial charge on any atom is 0.337 e. The van der Waals surface area contributed by atoms with E-state index in [9.17, 15) is 13.6 Å². The van der Waals surface area contributed by atoms with Gasteiger partial charge in [0.15, 0.2) is 0 Å². The molecule has 0 aliphatic rings. The molecule has 1 heterocycles. The van der Waals surface area contributed by atoms with Crippen LogP contribution in [0.5, 0.6) is 0 Å². The lowest BCUT2D eigenvalue weighted by Crippen LogP contribution is -2.05. The lowest BCUT2D eigenvalue weighted by atomic mass is 10.2. The molecular formula is C10H7F2N3O2. The van der Waals surface area contributed by atoms with E-state index in [0.717, 1.165) is 10.9 Å². The molecule has 17 heavy (non-hydrogen) atoms. The first-order valence-corrected chi connectivity index (χ1v) is 4.62. The molecule has 1 N–H and O–H groups in total. The number of hydrogen-bond acceptors (Lipinski definition) is 3. The molecule has 0 fully saturated rings. The Bertz CT molecular complexity index is 554. The highest BCUT2D eigenvalue weighted by atomic mass is 19.3. The van der Waals surface area contributed by atoms with Gasteiger partial charge >= 0.3 is 5.97 Å². The average Bonchev–Trinajstić information content (AvgIpc) is 2.78. The van der Waals surface area contributed by atoms with E-state index < -0.39 is 18.1 Å². The molecule has 0 saturated heterocycles. The Morgan fingerprint density at radius 1 is 1.35 bits per heavy atom. The fourth-order valence-electron chi connectivity index (χ4n) is 1.35. The predicted molar refractivity (Wildman–Crippen MR) is 53.3 cm³/mol. The van der Waals surface area contributed by atoms with Crippen molar-refractivity contribution in [1.29, 1.82) is 0 Å². The molecule has 0 bridgehead atoms. The van der Waals surface area contributed by atoms with Crippen LogP contribution in [0.3, 0.4) is 0 Å². The van der Waals surface area contributed by atoms with Crippen molar-refractivity contribution in [3.63, 3.8) is 0 Å². The molecule has 2 rings (SSSR count). The van der Waals surface area contributed by atoms with Crippen molar-refractivity contribution in [2.45, 2.75) is 6.43 Å². The van der Waals surface area contributed by atoms with Crippen molar-refractivity contribution in [2.24, 2.45) is 0 Å². The van der Waals surface area contributed by atoms with Gasteiger partial charge in [0, 0.05) is 0 Å². The molecule has 0 saturated carbocycles. The van der Waals surface area contributed by atoms with E-state index in [-0.39, 0.29) is 11.3 Å². The molecule has 0 aliphatic heterocycles. The SMILES string of the molecule is O=C(O)c1ccccc1-n1cc(C(F)F)nn1. The summed E-state index contributed by atoms with van der Waals surface area (Å²) in [7, 11) is 0.